The third-order valence-electron chi connectivity index (χ3n) is 1.10. The Labute approximate surface area is 61.7 Å². The Morgan fingerprint density at radius 2 is 2.20 bits per heavy atom. The molecule has 0 spiro atoms. The van der Waals surface area contributed by atoms with Gasteiger partial charge in [-0.05, 0) is 13.3 Å². The van der Waals surface area contributed by atoms with Gasteiger partial charge in [0.05, 0.1) is 0 Å². The van der Waals surface area contributed by atoms with Gasteiger partial charge in [-0.3, -0.25) is 9.79 Å². The minimum atomic E-state index is 0.0763. The average molecular weight is 139 g/mol. The van der Waals surface area contributed by atoms with Crippen molar-refractivity contribution < 1.29 is 4.79 Å². The van der Waals surface area contributed by atoms with Crippen LogP contribution in [0.25, 0.3) is 0 Å². The zero-order valence-corrected chi connectivity index (χ0v) is 6.72. The van der Waals surface area contributed by atoms with Gasteiger partial charge in [0.25, 0.3) is 0 Å². The highest BCUT2D eigenvalue weighted by atomic mass is 16.1. The van der Waals surface area contributed by atoms with Crippen LogP contribution in [0, 0.1) is 0 Å². The summed E-state index contributed by atoms with van der Waals surface area (Å²) >= 11 is 0. The van der Waals surface area contributed by atoms with Crippen LogP contribution in [-0.4, -0.2) is 19.0 Å². The summed E-state index contributed by atoms with van der Waals surface area (Å²) in [6, 6.07) is 0. The molecule has 10 heavy (non-hydrogen) atoms. The van der Waals surface area contributed by atoms with Crippen molar-refractivity contribution in [1.29, 1.82) is 0 Å². The topological polar surface area (TPSA) is 29.4 Å². The lowest BCUT2D eigenvalue weighted by Gasteiger charge is -1.91. The zero-order chi connectivity index (χ0) is 7.98. The van der Waals surface area contributed by atoms with Crippen LogP contribution in [-0.2, 0) is 4.79 Å². The van der Waals surface area contributed by atoms with Gasteiger partial charge in [0, 0.05) is 18.8 Å². The maximum absolute atomic E-state index is 10.8. The molecule has 2 nitrogen and oxygen atoms in total. The Hall–Kier alpha value is -0.920. The fourth-order valence-corrected chi connectivity index (χ4v) is 0.646. The van der Waals surface area contributed by atoms with Gasteiger partial charge < -0.3 is 0 Å². The van der Waals surface area contributed by atoms with Crippen molar-refractivity contribution in [1.82, 2.24) is 0 Å². The molecule has 0 aliphatic rings. The first-order chi connectivity index (χ1) is 4.72. The molecule has 0 heterocycles. The zero-order valence-electron chi connectivity index (χ0n) is 6.72. The van der Waals surface area contributed by atoms with E-state index in [1.807, 2.05) is 13.0 Å². The van der Waals surface area contributed by atoms with Crippen LogP contribution < -0.4 is 0 Å². The predicted octanol–water partition coefficient (Wildman–Crippen LogP) is 1.61. The van der Waals surface area contributed by atoms with Gasteiger partial charge in [-0.2, -0.15) is 0 Å². The number of aliphatic imine (C=N–C) groups is 1. The molecule has 0 unspecified atom stereocenters. The van der Waals surface area contributed by atoms with Gasteiger partial charge in [-0.1, -0.05) is 13.0 Å². The molecule has 0 saturated carbocycles. The number of allylic oxidation sites excluding steroid dienone is 2. The standard InChI is InChI=1S/C8H13NO/c1-4-5-8(6-9-3)7(2)10/h5-6H,4H2,1-3H3/b8-5+,9-6?. The van der Waals surface area contributed by atoms with Crippen molar-refractivity contribution in [3.8, 4) is 0 Å². The molecular formula is C8H13NO. The molecule has 56 valence electrons. The summed E-state index contributed by atoms with van der Waals surface area (Å²) in [5.74, 6) is 0.0763. The van der Waals surface area contributed by atoms with Gasteiger partial charge in [0.15, 0.2) is 5.78 Å². The second-order valence-corrected chi connectivity index (χ2v) is 2.01. The van der Waals surface area contributed by atoms with Crippen LogP contribution >= 0.6 is 0 Å². The summed E-state index contributed by atoms with van der Waals surface area (Å²) < 4.78 is 0. The molecule has 2 heteroatoms. The maximum Gasteiger partial charge on any atom is 0.161 e. The van der Waals surface area contributed by atoms with E-state index < -0.39 is 0 Å². The molecule has 0 rings (SSSR count). The lowest BCUT2D eigenvalue weighted by molar-refractivity contribution is -0.113. The number of hydrogen-bond donors (Lipinski definition) is 0. The lowest BCUT2D eigenvalue weighted by Crippen LogP contribution is -1.97. The molecule has 0 aliphatic heterocycles. The fourth-order valence-electron chi connectivity index (χ4n) is 0.646. The van der Waals surface area contributed by atoms with Crippen molar-refractivity contribution >= 4 is 12.0 Å². The van der Waals surface area contributed by atoms with Crippen LogP contribution in [0.1, 0.15) is 20.3 Å². The number of Topliss-reactive ketones (excluding diaryl/α,β-unsaturated/α-hetero) is 1. The summed E-state index contributed by atoms with van der Waals surface area (Å²) in [5.41, 5.74) is 0.699. The van der Waals surface area contributed by atoms with Crippen LogP contribution in [0.15, 0.2) is 16.6 Å². The number of nitrogens with zero attached hydrogens (tertiary/aromatic N) is 1. The van der Waals surface area contributed by atoms with Crippen molar-refractivity contribution in [2.45, 2.75) is 20.3 Å². The molecule has 0 aromatic carbocycles. The highest BCUT2D eigenvalue weighted by molar-refractivity contribution is 6.12. The monoisotopic (exact) mass is 139 g/mol. The second-order valence-electron chi connectivity index (χ2n) is 2.01. The maximum atomic E-state index is 10.8. The van der Waals surface area contributed by atoms with Crippen molar-refractivity contribution in [3.05, 3.63) is 11.6 Å². The Morgan fingerprint density at radius 1 is 1.60 bits per heavy atom. The predicted molar refractivity (Wildman–Crippen MR) is 43.5 cm³/mol. The van der Waals surface area contributed by atoms with Crippen LogP contribution in [0.3, 0.4) is 0 Å². The minimum Gasteiger partial charge on any atom is -0.296 e. The van der Waals surface area contributed by atoms with E-state index >= 15 is 0 Å². The summed E-state index contributed by atoms with van der Waals surface area (Å²) in [7, 11) is 1.66. The molecule has 0 aromatic heterocycles. The van der Waals surface area contributed by atoms with E-state index in [1.54, 1.807) is 20.2 Å². The largest absolute Gasteiger partial charge is 0.296 e. The van der Waals surface area contributed by atoms with Crippen molar-refractivity contribution in [3.63, 3.8) is 0 Å². The van der Waals surface area contributed by atoms with Gasteiger partial charge in [0.1, 0.15) is 0 Å². The lowest BCUT2D eigenvalue weighted by atomic mass is 10.2. The van der Waals surface area contributed by atoms with Gasteiger partial charge >= 0.3 is 0 Å². The van der Waals surface area contributed by atoms with Crippen LogP contribution in [0.5, 0.6) is 0 Å². The smallest absolute Gasteiger partial charge is 0.161 e. The molecule has 0 bridgehead atoms. The summed E-state index contributed by atoms with van der Waals surface area (Å²) in [6.07, 6.45) is 4.34. The second kappa shape index (κ2) is 4.91. The Morgan fingerprint density at radius 3 is 2.50 bits per heavy atom. The first kappa shape index (κ1) is 9.08. The van der Waals surface area contributed by atoms with E-state index in [0.717, 1.165) is 6.42 Å². The number of carbonyl (C=O) groups is 1. The van der Waals surface area contributed by atoms with E-state index in [4.69, 9.17) is 0 Å². The summed E-state index contributed by atoms with van der Waals surface area (Å²) in [6.45, 7) is 3.54. The Balaban J connectivity index is 4.26. The molecule has 0 saturated heterocycles. The highest BCUT2D eigenvalue weighted by Gasteiger charge is 1.96. The number of carbonyl (C=O) groups excluding carboxylic acids is 1. The van der Waals surface area contributed by atoms with Crippen molar-refractivity contribution in [2.75, 3.05) is 7.05 Å². The third-order valence-corrected chi connectivity index (χ3v) is 1.10. The normalized spacial score (nSPS) is 12.5. The number of rotatable bonds is 3. The molecule has 0 fully saturated rings. The number of hydrogen-bond acceptors (Lipinski definition) is 2. The molecule has 0 N–H and O–H groups in total. The molecule has 0 radical (unpaired) electrons. The third kappa shape index (κ3) is 3.17. The SMILES string of the molecule is CC/C=C(\C=NC)C(C)=O. The van der Waals surface area contributed by atoms with E-state index in [9.17, 15) is 4.79 Å². The van der Waals surface area contributed by atoms with Gasteiger partial charge in [-0.15, -0.1) is 0 Å². The summed E-state index contributed by atoms with van der Waals surface area (Å²) in [4.78, 5) is 14.5. The van der Waals surface area contributed by atoms with E-state index in [-0.39, 0.29) is 5.78 Å². The number of ketones is 1. The van der Waals surface area contributed by atoms with Crippen LogP contribution in [0.4, 0.5) is 0 Å². The molecule has 0 amide bonds. The first-order valence-electron chi connectivity index (χ1n) is 3.35. The van der Waals surface area contributed by atoms with Gasteiger partial charge in [-0.25, -0.2) is 0 Å². The highest BCUT2D eigenvalue weighted by Crippen LogP contribution is 1.94. The molecule has 0 aliphatic carbocycles. The Kier molecular flexibility index (Phi) is 4.46. The minimum absolute atomic E-state index is 0.0763. The first-order valence-corrected chi connectivity index (χ1v) is 3.35. The molecular weight excluding hydrogens is 126 g/mol. The van der Waals surface area contributed by atoms with E-state index in [0.29, 0.717) is 5.57 Å². The van der Waals surface area contributed by atoms with Crippen molar-refractivity contribution in [2.24, 2.45) is 4.99 Å². The van der Waals surface area contributed by atoms with E-state index in [2.05, 4.69) is 4.99 Å². The molecule has 0 atom stereocenters. The van der Waals surface area contributed by atoms with E-state index in [1.165, 1.54) is 0 Å². The quantitative estimate of drug-likeness (QED) is 0.431. The average Bonchev–Trinajstić information content (AvgIpc) is 1.87. The summed E-state index contributed by atoms with van der Waals surface area (Å²) in [5, 5.41) is 0. The fraction of sp³-hybridized carbons (Fsp3) is 0.500. The molecule has 0 aromatic rings. The van der Waals surface area contributed by atoms with Gasteiger partial charge in [0.2, 0.25) is 0 Å². The Bertz CT molecular complexity index is 168. The van der Waals surface area contributed by atoms with Crippen LogP contribution in [0.2, 0.25) is 0 Å².